The summed E-state index contributed by atoms with van der Waals surface area (Å²) in [6.45, 7) is 5.11. The summed E-state index contributed by atoms with van der Waals surface area (Å²) in [5, 5.41) is 0. The normalized spacial score (nSPS) is 60.6. The minimum atomic E-state index is 0.683. The van der Waals surface area contributed by atoms with Crippen LogP contribution in [0.2, 0.25) is 0 Å². The first-order valence-corrected chi connectivity index (χ1v) is 7.24. The minimum Gasteiger partial charge on any atom is -0.159 e. The lowest BCUT2D eigenvalue weighted by atomic mass is 9.45. The van der Waals surface area contributed by atoms with Crippen molar-refractivity contribution in [2.45, 2.75) is 57.1 Å². The first-order chi connectivity index (χ1) is 6.47. The Morgan fingerprint density at radius 1 is 0.929 bits per heavy atom. The molecule has 0 aliphatic heterocycles. The predicted octanol–water partition coefficient (Wildman–Crippen LogP) is 4.10. The molecule has 4 bridgehead atoms. The molecule has 2 unspecified atom stereocenters. The van der Waals surface area contributed by atoms with Gasteiger partial charge in [-0.05, 0) is 61.5 Å². The second-order valence-electron chi connectivity index (χ2n) is 7.02. The van der Waals surface area contributed by atoms with E-state index in [0.717, 1.165) is 5.92 Å². The van der Waals surface area contributed by atoms with Crippen LogP contribution in [0.3, 0.4) is 0 Å². The van der Waals surface area contributed by atoms with Crippen LogP contribution in [0.25, 0.3) is 0 Å². The highest BCUT2D eigenvalue weighted by atomic mass is 32.2. The van der Waals surface area contributed by atoms with Gasteiger partial charge in [0.05, 0.1) is 0 Å². The molecule has 80 valence electrons. The van der Waals surface area contributed by atoms with Crippen LogP contribution in [0.4, 0.5) is 0 Å². The summed E-state index contributed by atoms with van der Waals surface area (Å²) >= 11 is 2.18. The molecule has 0 N–H and O–H groups in total. The van der Waals surface area contributed by atoms with Crippen molar-refractivity contribution in [2.24, 2.45) is 16.7 Å². The molecule has 0 radical (unpaired) electrons. The number of thioether (sulfide) groups is 1. The van der Waals surface area contributed by atoms with Gasteiger partial charge in [0.1, 0.15) is 0 Å². The van der Waals surface area contributed by atoms with Crippen LogP contribution < -0.4 is 0 Å². The van der Waals surface area contributed by atoms with Crippen LogP contribution in [0.1, 0.15) is 52.4 Å². The Hall–Kier alpha value is 0.350. The average Bonchev–Trinajstić information content (AvgIpc) is 1.97. The zero-order valence-electron chi connectivity index (χ0n) is 9.73. The van der Waals surface area contributed by atoms with E-state index in [-0.39, 0.29) is 0 Å². The van der Waals surface area contributed by atoms with Crippen LogP contribution in [0, 0.1) is 16.7 Å². The zero-order chi connectivity index (χ0) is 10.0. The fourth-order valence-electron chi connectivity index (χ4n) is 5.57. The Morgan fingerprint density at radius 2 is 1.50 bits per heavy atom. The molecule has 0 aromatic carbocycles. The van der Waals surface area contributed by atoms with Gasteiger partial charge in [-0.15, -0.1) is 0 Å². The topological polar surface area (TPSA) is 0 Å². The summed E-state index contributed by atoms with van der Waals surface area (Å²) in [7, 11) is 0. The van der Waals surface area contributed by atoms with Crippen LogP contribution in [-0.4, -0.2) is 11.0 Å². The van der Waals surface area contributed by atoms with E-state index in [1.165, 1.54) is 38.5 Å². The van der Waals surface area contributed by atoms with Crippen molar-refractivity contribution in [1.82, 2.24) is 0 Å². The van der Waals surface area contributed by atoms with E-state index in [1.54, 1.807) is 0 Å². The van der Waals surface area contributed by atoms with Crippen LogP contribution in [-0.2, 0) is 0 Å². The van der Waals surface area contributed by atoms with E-state index in [2.05, 4.69) is 31.9 Å². The Kier molecular flexibility index (Phi) is 1.73. The van der Waals surface area contributed by atoms with Crippen molar-refractivity contribution in [3.63, 3.8) is 0 Å². The summed E-state index contributed by atoms with van der Waals surface area (Å²) in [6.07, 6.45) is 11.5. The predicted molar refractivity (Wildman–Crippen MR) is 63.7 cm³/mol. The summed E-state index contributed by atoms with van der Waals surface area (Å²) in [5.41, 5.74) is 1.41. The van der Waals surface area contributed by atoms with E-state index in [4.69, 9.17) is 0 Å². The third kappa shape index (κ3) is 1.20. The van der Waals surface area contributed by atoms with Crippen molar-refractivity contribution in [3.05, 3.63) is 0 Å². The van der Waals surface area contributed by atoms with Crippen molar-refractivity contribution in [2.75, 3.05) is 6.26 Å². The van der Waals surface area contributed by atoms with Crippen molar-refractivity contribution in [1.29, 1.82) is 0 Å². The molecule has 0 spiro atoms. The lowest BCUT2D eigenvalue weighted by Crippen LogP contribution is -2.56. The molecule has 1 heteroatoms. The molecule has 4 aliphatic rings. The molecule has 0 amide bonds. The van der Waals surface area contributed by atoms with Crippen molar-refractivity contribution in [3.8, 4) is 0 Å². The second kappa shape index (κ2) is 2.53. The molecule has 14 heavy (non-hydrogen) atoms. The molecule has 2 atom stereocenters. The molecule has 0 nitrogen and oxygen atoms in total. The van der Waals surface area contributed by atoms with Gasteiger partial charge in [-0.25, -0.2) is 0 Å². The maximum Gasteiger partial charge on any atom is 0.0170 e. The third-order valence-electron chi connectivity index (χ3n) is 5.01. The Morgan fingerprint density at radius 3 is 1.93 bits per heavy atom. The lowest BCUT2D eigenvalue weighted by Gasteiger charge is -2.65. The maximum atomic E-state index is 2.56. The molecule has 0 aromatic rings. The second-order valence-corrected chi connectivity index (χ2v) is 8.29. The standard InChI is InChI=1S/C13H22S/c1-11-4-10-5-12(2,7-11)9-13(6-10,8-11)14-3/h10H,4-9H2,1-3H3. The van der Waals surface area contributed by atoms with E-state index in [0.29, 0.717) is 15.6 Å². The Bertz CT molecular complexity index is 252. The smallest absolute Gasteiger partial charge is 0.0170 e. The third-order valence-corrected chi connectivity index (χ3v) is 6.33. The molecule has 0 saturated heterocycles. The van der Waals surface area contributed by atoms with Gasteiger partial charge >= 0.3 is 0 Å². The summed E-state index contributed by atoms with van der Waals surface area (Å²) < 4.78 is 0.683. The molecular weight excluding hydrogens is 188 g/mol. The van der Waals surface area contributed by atoms with Crippen LogP contribution >= 0.6 is 11.8 Å². The molecule has 4 rings (SSSR count). The first-order valence-electron chi connectivity index (χ1n) is 6.02. The van der Waals surface area contributed by atoms with Crippen molar-refractivity contribution < 1.29 is 0 Å². The summed E-state index contributed by atoms with van der Waals surface area (Å²) in [6, 6.07) is 0. The minimum absolute atomic E-state index is 0.683. The molecule has 0 aromatic heterocycles. The van der Waals surface area contributed by atoms with Gasteiger partial charge in [-0.1, -0.05) is 13.8 Å². The van der Waals surface area contributed by atoms with Gasteiger partial charge in [-0.2, -0.15) is 11.8 Å². The highest BCUT2D eigenvalue weighted by Crippen LogP contribution is 2.69. The largest absolute Gasteiger partial charge is 0.159 e. The van der Waals surface area contributed by atoms with Gasteiger partial charge in [0.15, 0.2) is 0 Å². The van der Waals surface area contributed by atoms with Crippen LogP contribution in [0.15, 0.2) is 0 Å². The van der Waals surface area contributed by atoms with Gasteiger partial charge in [-0.3, -0.25) is 0 Å². The number of rotatable bonds is 1. The van der Waals surface area contributed by atoms with E-state index < -0.39 is 0 Å². The van der Waals surface area contributed by atoms with Gasteiger partial charge in [0.25, 0.3) is 0 Å². The van der Waals surface area contributed by atoms with Gasteiger partial charge in [0.2, 0.25) is 0 Å². The summed E-state index contributed by atoms with van der Waals surface area (Å²) in [4.78, 5) is 0. The highest BCUT2D eigenvalue weighted by Gasteiger charge is 2.59. The number of hydrogen-bond donors (Lipinski definition) is 0. The molecule has 4 aliphatic carbocycles. The molecule has 0 heterocycles. The van der Waals surface area contributed by atoms with E-state index >= 15 is 0 Å². The fraction of sp³-hybridized carbons (Fsp3) is 1.00. The van der Waals surface area contributed by atoms with Gasteiger partial charge in [0, 0.05) is 4.75 Å². The van der Waals surface area contributed by atoms with Crippen molar-refractivity contribution >= 4 is 11.8 Å². The highest BCUT2D eigenvalue weighted by molar-refractivity contribution is 8.00. The average molecular weight is 210 g/mol. The summed E-state index contributed by atoms with van der Waals surface area (Å²) in [5.74, 6) is 1.06. The Labute approximate surface area is 92.2 Å². The van der Waals surface area contributed by atoms with E-state index in [9.17, 15) is 0 Å². The molecule has 4 fully saturated rings. The Balaban J connectivity index is 2.01. The molecular formula is C13H22S. The number of hydrogen-bond acceptors (Lipinski definition) is 1. The van der Waals surface area contributed by atoms with Gasteiger partial charge < -0.3 is 0 Å². The lowest BCUT2D eigenvalue weighted by molar-refractivity contribution is -0.0776. The fourth-order valence-corrected chi connectivity index (χ4v) is 6.96. The first kappa shape index (κ1) is 9.57. The van der Waals surface area contributed by atoms with E-state index in [1.807, 2.05) is 0 Å². The zero-order valence-corrected chi connectivity index (χ0v) is 10.5. The van der Waals surface area contributed by atoms with Crippen LogP contribution in [0.5, 0.6) is 0 Å². The quantitative estimate of drug-likeness (QED) is 0.628. The molecule has 4 saturated carbocycles. The monoisotopic (exact) mass is 210 g/mol. The SMILES string of the molecule is CSC12CC3CC(C)(CC(C)(C3)C1)C2. The maximum absolute atomic E-state index is 2.56.